The first-order chi connectivity index (χ1) is 12.3. The van der Waals surface area contributed by atoms with Gasteiger partial charge >= 0.3 is 0 Å². The maximum Gasteiger partial charge on any atom is 0.209 e. The topological polar surface area (TPSA) is 88.5 Å². The van der Waals surface area contributed by atoms with Crippen molar-refractivity contribution in [3.05, 3.63) is 53.2 Å². The zero-order valence-electron chi connectivity index (χ0n) is 13.6. The van der Waals surface area contributed by atoms with Gasteiger partial charge in [-0.25, -0.2) is 4.98 Å². The van der Waals surface area contributed by atoms with Crippen LogP contribution < -0.4 is 10.7 Å². The first kappa shape index (κ1) is 16.0. The average Bonchev–Trinajstić information content (AvgIpc) is 3.18. The lowest BCUT2D eigenvalue weighted by molar-refractivity contribution is 0.530. The Morgan fingerprint density at radius 3 is 2.64 bits per heavy atom. The van der Waals surface area contributed by atoms with E-state index in [0.29, 0.717) is 27.5 Å². The fraction of sp³-hybridized carbons (Fsp3) is 0.294. The summed E-state index contributed by atoms with van der Waals surface area (Å²) in [5.41, 5.74) is 0.835. The Morgan fingerprint density at radius 2 is 1.96 bits per heavy atom. The van der Waals surface area contributed by atoms with Crippen LogP contribution in [0, 0.1) is 0 Å². The largest absolute Gasteiger partial charge is 0.347 e. The van der Waals surface area contributed by atoms with Crippen LogP contribution in [0.25, 0.3) is 17.1 Å². The van der Waals surface area contributed by atoms with E-state index in [0.717, 1.165) is 25.9 Å². The standard InChI is InChI=1S/C17H18N6OS/c24-15-9-16(23-7-1-2-8-23)19-10-13(15)14-11-20-17(22-21-14)25-12-3-5-18-6-4-12/h1-2,7-12,18H,3-6H2,(H,19,24). The molecule has 0 bridgehead atoms. The fourth-order valence-corrected chi connectivity index (χ4v) is 3.78. The van der Waals surface area contributed by atoms with Gasteiger partial charge in [0.1, 0.15) is 11.5 Å². The monoisotopic (exact) mass is 354 g/mol. The lowest BCUT2D eigenvalue weighted by atomic mass is 10.2. The molecule has 1 aliphatic rings. The number of aromatic nitrogens is 5. The molecule has 7 nitrogen and oxygen atoms in total. The van der Waals surface area contributed by atoms with E-state index < -0.39 is 0 Å². The number of piperidine rings is 1. The molecule has 0 amide bonds. The minimum atomic E-state index is -0.114. The predicted octanol–water partition coefficient (Wildman–Crippen LogP) is 1.86. The molecule has 3 aromatic rings. The summed E-state index contributed by atoms with van der Waals surface area (Å²) in [5.74, 6) is 0.706. The molecule has 0 radical (unpaired) electrons. The van der Waals surface area contributed by atoms with E-state index >= 15 is 0 Å². The smallest absolute Gasteiger partial charge is 0.209 e. The number of thioether (sulfide) groups is 1. The summed E-state index contributed by atoms with van der Waals surface area (Å²) in [7, 11) is 0. The molecule has 25 heavy (non-hydrogen) atoms. The van der Waals surface area contributed by atoms with Gasteiger partial charge in [0.15, 0.2) is 5.43 Å². The fourth-order valence-electron chi connectivity index (χ4n) is 2.81. The van der Waals surface area contributed by atoms with Crippen molar-refractivity contribution in [3.8, 4) is 17.1 Å². The SMILES string of the molecule is O=c1cc(-n2cccc2)[nH]cc1-c1cnc(SC2CCNCC2)nn1. The zero-order chi connectivity index (χ0) is 17.1. The molecule has 0 atom stereocenters. The molecule has 0 aromatic carbocycles. The summed E-state index contributed by atoms with van der Waals surface area (Å²) in [6, 6.07) is 5.36. The number of aromatic amines is 1. The Bertz CT molecular complexity index is 884. The molecular weight excluding hydrogens is 336 g/mol. The Balaban J connectivity index is 1.52. The summed E-state index contributed by atoms with van der Waals surface area (Å²) in [5, 5.41) is 12.9. The van der Waals surface area contributed by atoms with Gasteiger partial charge in [0.25, 0.3) is 0 Å². The second-order valence-electron chi connectivity index (χ2n) is 5.88. The van der Waals surface area contributed by atoms with Crippen LogP contribution in [0.5, 0.6) is 0 Å². The van der Waals surface area contributed by atoms with Crippen molar-refractivity contribution in [2.24, 2.45) is 0 Å². The Hall–Kier alpha value is -2.45. The molecule has 1 saturated heterocycles. The van der Waals surface area contributed by atoms with Crippen LogP contribution in [-0.2, 0) is 0 Å². The van der Waals surface area contributed by atoms with Crippen molar-refractivity contribution in [2.45, 2.75) is 23.2 Å². The van der Waals surface area contributed by atoms with E-state index in [1.165, 1.54) is 0 Å². The average molecular weight is 354 g/mol. The lowest BCUT2D eigenvalue weighted by Gasteiger charge is -2.20. The van der Waals surface area contributed by atoms with Gasteiger partial charge in [-0.05, 0) is 38.1 Å². The van der Waals surface area contributed by atoms with Gasteiger partial charge in [0, 0.05) is 29.9 Å². The molecule has 2 N–H and O–H groups in total. The maximum atomic E-state index is 12.4. The quantitative estimate of drug-likeness (QED) is 0.743. The van der Waals surface area contributed by atoms with E-state index in [4.69, 9.17) is 0 Å². The second kappa shape index (κ2) is 7.20. The number of hydrogen-bond donors (Lipinski definition) is 2. The van der Waals surface area contributed by atoms with Crippen LogP contribution in [0.15, 0.2) is 52.9 Å². The van der Waals surface area contributed by atoms with Crippen molar-refractivity contribution < 1.29 is 0 Å². The highest BCUT2D eigenvalue weighted by molar-refractivity contribution is 7.99. The van der Waals surface area contributed by atoms with Gasteiger partial charge < -0.3 is 14.9 Å². The number of nitrogens with zero attached hydrogens (tertiary/aromatic N) is 4. The Labute approximate surface area is 148 Å². The number of pyridine rings is 1. The normalized spacial score (nSPS) is 15.4. The van der Waals surface area contributed by atoms with Crippen molar-refractivity contribution >= 4 is 11.8 Å². The minimum absolute atomic E-state index is 0.114. The van der Waals surface area contributed by atoms with Crippen LogP contribution >= 0.6 is 11.8 Å². The molecule has 0 spiro atoms. The molecular formula is C17H18N6OS. The maximum absolute atomic E-state index is 12.4. The van der Waals surface area contributed by atoms with E-state index in [-0.39, 0.29) is 5.43 Å². The van der Waals surface area contributed by atoms with E-state index in [1.54, 1.807) is 30.2 Å². The van der Waals surface area contributed by atoms with Gasteiger partial charge in [-0.1, -0.05) is 11.8 Å². The minimum Gasteiger partial charge on any atom is -0.347 e. The molecule has 4 rings (SSSR count). The second-order valence-corrected chi connectivity index (χ2v) is 7.15. The first-order valence-electron chi connectivity index (χ1n) is 8.23. The summed E-state index contributed by atoms with van der Waals surface area (Å²) >= 11 is 1.66. The molecule has 8 heteroatoms. The van der Waals surface area contributed by atoms with Gasteiger partial charge in [0.2, 0.25) is 5.16 Å². The Kier molecular flexibility index (Phi) is 4.62. The van der Waals surface area contributed by atoms with Crippen LogP contribution in [0.1, 0.15) is 12.8 Å². The number of hydrogen-bond acceptors (Lipinski definition) is 6. The third-order valence-corrected chi connectivity index (χ3v) is 5.36. The molecule has 0 aliphatic carbocycles. The third kappa shape index (κ3) is 3.64. The van der Waals surface area contributed by atoms with Crippen molar-refractivity contribution in [1.29, 1.82) is 0 Å². The number of H-pyrrole nitrogens is 1. The first-order valence-corrected chi connectivity index (χ1v) is 9.11. The van der Waals surface area contributed by atoms with Crippen molar-refractivity contribution in [1.82, 2.24) is 30.0 Å². The van der Waals surface area contributed by atoms with Gasteiger partial charge in [-0.2, -0.15) is 0 Å². The van der Waals surface area contributed by atoms with E-state index in [2.05, 4.69) is 25.5 Å². The highest BCUT2D eigenvalue weighted by atomic mass is 32.2. The zero-order valence-corrected chi connectivity index (χ0v) is 14.4. The van der Waals surface area contributed by atoms with Crippen molar-refractivity contribution in [2.75, 3.05) is 13.1 Å². The molecule has 4 heterocycles. The molecule has 1 aliphatic heterocycles. The van der Waals surface area contributed by atoms with Gasteiger partial charge in [-0.15, -0.1) is 10.2 Å². The van der Waals surface area contributed by atoms with Crippen LogP contribution in [-0.4, -0.2) is 43.1 Å². The predicted molar refractivity (Wildman–Crippen MR) is 97.0 cm³/mol. The van der Waals surface area contributed by atoms with Gasteiger partial charge in [0.05, 0.1) is 11.8 Å². The van der Waals surface area contributed by atoms with Crippen LogP contribution in [0.4, 0.5) is 0 Å². The van der Waals surface area contributed by atoms with E-state index in [1.807, 2.05) is 29.1 Å². The lowest BCUT2D eigenvalue weighted by Crippen LogP contribution is -2.29. The molecule has 128 valence electrons. The number of rotatable bonds is 4. The Morgan fingerprint density at radius 1 is 1.16 bits per heavy atom. The summed E-state index contributed by atoms with van der Waals surface area (Å²) in [4.78, 5) is 19.9. The molecule has 3 aromatic heterocycles. The van der Waals surface area contributed by atoms with Crippen LogP contribution in [0.2, 0.25) is 0 Å². The summed E-state index contributed by atoms with van der Waals surface area (Å²) in [6.45, 7) is 2.07. The summed E-state index contributed by atoms with van der Waals surface area (Å²) in [6.07, 6.45) is 9.24. The van der Waals surface area contributed by atoms with Crippen LogP contribution in [0.3, 0.4) is 0 Å². The highest BCUT2D eigenvalue weighted by Gasteiger charge is 2.16. The highest BCUT2D eigenvalue weighted by Crippen LogP contribution is 2.25. The number of nitrogens with one attached hydrogen (secondary N) is 2. The summed E-state index contributed by atoms with van der Waals surface area (Å²) < 4.78 is 1.84. The van der Waals surface area contributed by atoms with Gasteiger partial charge in [-0.3, -0.25) is 4.79 Å². The molecule has 0 unspecified atom stereocenters. The third-order valence-electron chi connectivity index (χ3n) is 4.16. The van der Waals surface area contributed by atoms with Crippen molar-refractivity contribution in [3.63, 3.8) is 0 Å². The molecule has 0 saturated carbocycles. The molecule has 1 fully saturated rings. The van der Waals surface area contributed by atoms with E-state index in [9.17, 15) is 4.79 Å².